The first-order chi connectivity index (χ1) is 20.6. The molecule has 13 heteroatoms. The number of alkyl halides is 2. The van der Waals surface area contributed by atoms with E-state index in [-0.39, 0.29) is 34.5 Å². The van der Waals surface area contributed by atoms with Crippen molar-refractivity contribution >= 4 is 40.1 Å². The van der Waals surface area contributed by atoms with Crippen molar-refractivity contribution in [3.05, 3.63) is 81.4 Å². The smallest absolute Gasteiger partial charge is 0.387 e. The summed E-state index contributed by atoms with van der Waals surface area (Å²) in [4.78, 5) is 13.4. The van der Waals surface area contributed by atoms with Gasteiger partial charge in [0.2, 0.25) is 0 Å². The topological polar surface area (TPSA) is 95.1 Å². The minimum Gasteiger partial charge on any atom is -0.619 e. The van der Waals surface area contributed by atoms with Crippen molar-refractivity contribution in [2.75, 3.05) is 20.8 Å². The van der Waals surface area contributed by atoms with Crippen molar-refractivity contribution in [3.8, 4) is 23.0 Å². The van der Waals surface area contributed by atoms with Gasteiger partial charge in [-0.3, -0.25) is 4.79 Å². The minimum atomic E-state index is -3.06. The van der Waals surface area contributed by atoms with Gasteiger partial charge >= 0.3 is 12.6 Å². The van der Waals surface area contributed by atoms with Crippen LogP contribution in [0.15, 0.2) is 55.0 Å². The van der Waals surface area contributed by atoms with E-state index in [9.17, 15) is 18.8 Å². The summed E-state index contributed by atoms with van der Waals surface area (Å²) in [5, 5.41) is 12.8. The third kappa shape index (κ3) is 7.34. The molecule has 0 aliphatic heterocycles. The first kappa shape index (κ1) is 30.5. The van der Waals surface area contributed by atoms with Crippen molar-refractivity contribution in [2.45, 2.75) is 38.5 Å². The zero-order valence-corrected chi connectivity index (χ0v) is 24.7. The average Bonchev–Trinajstić information content (AvgIpc) is 3.72. The number of hydrogen-bond donors (Lipinski definition) is 0. The van der Waals surface area contributed by atoms with E-state index in [1.54, 1.807) is 22.9 Å². The van der Waals surface area contributed by atoms with E-state index < -0.39 is 18.7 Å². The number of halogens is 4. The molecule has 9 nitrogen and oxygen atoms in total. The number of rotatable bonds is 13. The van der Waals surface area contributed by atoms with E-state index in [4.69, 9.17) is 42.1 Å². The van der Waals surface area contributed by atoms with E-state index in [1.165, 1.54) is 32.4 Å². The Bertz CT molecular complexity index is 1600. The summed E-state index contributed by atoms with van der Waals surface area (Å²) in [7, 11) is 3.05. The quantitative estimate of drug-likeness (QED) is 0.0937. The molecule has 4 aromatic rings. The number of hydrogen-bond acceptors (Lipinski definition) is 7. The van der Waals surface area contributed by atoms with E-state index in [0.717, 1.165) is 30.6 Å². The van der Waals surface area contributed by atoms with Gasteiger partial charge in [-0.15, -0.1) is 0 Å². The molecular weight excluding hydrogens is 609 g/mol. The molecule has 0 amide bonds. The second-order valence-corrected chi connectivity index (χ2v) is 10.8. The summed E-state index contributed by atoms with van der Waals surface area (Å²) in [6.07, 6.45) is 4.99. The van der Waals surface area contributed by atoms with Crippen LogP contribution >= 0.6 is 23.2 Å². The van der Waals surface area contributed by atoms with Crippen molar-refractivity contribution in [3.63, 3.8) is 0 Å². The van der Waals surface area contributed by atoms with Gasteiger partial charge in [-0.1, -0.05) is 29.3 Å². The maximum absolute atomic E-state index is 13.4. The minimum absolute atomic E-state index is 0.0151. The second-order valence-electron chi connectivity index (χ2n) is 10.0. The lowest BCUT2D eigenvalue weighted by Gasteiger charge is -2.22. The molecule has 2 heterocycles. The Morgan fingerprint density at radius 3 is 2.37 bits per heavy atom. The van der Waals surface area contributed by atoms with Gasteiger partial charge in [0.1, 0.15) is 22.7 Å². The molecule has 0 bridgehead atoms. The molecular formula is C30H28Cl2F2N2O7. The Morgan fingerprint density at radius 1 is 1.02 bits per heavy atom. The number of esters is 1. The predicted octanol–water partition coefficient (Wildman–Crippen LogP) is 6.52. The SMILES string of the molecule is COc1cc2ccn(CC(=O)O[C@@H](Cc3c(Cl)c[n+]([O-])cc3Cl)c3ccc(OC(F)F)c(OCC4CC4)c3)c2cc1OC. The van der Waals surface area contributed by atoms with E-state index in [2.05, 4.69) is 4.74 Å². The lowest BCUT2D eigenvalue weighted by molar-refractivity contribution is -0.605. The average molecular weight is 637 g/mol. The molecule has 1 fully saturated rings. The van der Waals surface area contributed by atoms with Gasteiger partial charge in [0.05, 0.1) is 26.3 Å². The van der Waals surface area contributed by atoms with Crippen molar-refractivity contribution in [1.82, 2.24) is 4.57 Å². The van der Waals surface area contributed by atoms with Crippen molar-refractivity contribution in [1.29, 1.82) is 0 Å². The van der Waals surface area contributed by atoms with Gasteiger partial charge in [-0.2, -0.15) is 13.5 Å². The van der Waals surface area contributed by atoms with Crippen LogP contribution in [0.2, 0.25) is 10.0 Å². The molecule has 1 saturated carbocycles. The molecule has 43 heavy (non-hydrogen) atoms. The number of ether oxygens (including phenoxy) is 5. The predicted molar refractivity (Wildman–Crippen MR) is 154 cm³/mol. The van der Waals surface area contributed by atoms with Crippen molar-refractivity contribution < 1.29 is 42.0 Å². The van der Waals surface area contributed by atoms with Gasteiger partial charge < -0.3 is 33.5 Å². The van der Waals surface area contributed by atoms with Crippen LogP contribution < -0.4 is 23.7 Å². The third-order valence-corrected chi connectivity index (χ3v) is 7.68. The van der Waals surface area contributed by atoms with E-state index in [1.807, 2.05) is 6.07 Å². The lowest BCUT2D eigenvalue weighted by Crippen LogP contribution is -2.26. The van der Waals surface area contributed by atoms with Gasteiger partial charge in [-0.05, 0) is 48.6 Å². The molecule has 5 rings (SSSR count). The van der Waals surface area contributed by atoms with Gasteiger partial charge in [0.15, 0.2) is 35.4 Å². The van der Waals surface area contributed by atoms with E-state index >= 15 is 0 Å². The summed E-state index contributed by atoms with van der Waals surface area (Å²) in [6.45, 7) is -2.88. The largest absolute Gasteiger partial charge is 0.619 e. The third-order valence-electron chi connectivity index (χ3n) is 7.02. The Kier molecular flexibility index (Phi) is 9.31. The highest BCUT2D eigenvalue weighted by Gasteiger charge is 2.26. The first-order valence-electron chi connectivity index (χ1n) is 13.3. The van der Waals surface area contributed by atoms with Gasteiger partial charge in [0.25, 0.3) is 0 Å². The lowest BCUT2D eigenvalue weighted by atomic mass is 10.0. The summed E-state index contributed by atoms with van der Waals surface area (Å²) in [5.41, 5.74) is 1.50. The fourth-order valence-electron chi connectivity index (χ4n) is 4.65. The number of benzene rings is 2. The van der Waals surface area contributed by atoms with Gasteiger partial charge in [0, 0.05) is 29.6 Å². The molecule has 228 valence electrons. The van der Waals surface area contributed by atoms with E-state index in [0.29, 0.717) is 45.4 Å². The molecule has 1 aliphatic rings. The number of carbonyl (C=O) groups excluding carboxylic acids is 1. The fourth-order valence-corrected chi connectivity index (χ4v) is 5.25. The summed E-state index contributed by atoms with van der Waals surface area (Å²) < 4.78 is 55.6. The van der Waals surface area contributed by atoms with Crippen LogP contribution in [0.3, 0.4) is 0 Å². The molecule has 0 unspecified atom stereocenters. The summed E-state index contributed by atoms with van der Waals surface area (Å²) in [5.74, 6) is 0.724. The normalized spacial score (nSPS) is 13.7. The number of fused-ring (bicyclic) bond motifs is 1. The van der Waals surface area contributed by atoms with Crippen LogP contribution in [0, 0.1) is 11.1 Å². The molecule has 0 N–H and O–H groups in total. The summed E-state index contributed by atoms with van der Waals surface area (Å²) >= 11 is 12.7. The first-order valence-corrected chi connectivity index (χ1v) is 14.1. The Hall–Kier alpha value is -3.96. The number of methoxy groups -OCH3 is 2. The highest BCUT2D eigenvalue weighted by Crippen LogP contribution is 2.38. The maximum atomic E-state index is 13.4. The van der Waals surface area contributed by atoms with Gasteiger partial charge in [-0.25, -0.2) is 0 Å². The molecule has 1 aliphatic carbocycles. The van der Waals surface area contributed by atoms with Crippen LogP contribution in [0.4, 0.5) is 8.78 Å². The highest BCUT2D eigenvalue weighted by molar-refractivity contribution is 6.35. The molecule has 2 aromatic carbocycles. The molecule has 0 radical (unpaired) electrons. The Morgan fingerprint density at radius 2 is 1.72 bits per heavy atom. The zero-order chi connectivity index (χ0) is 30.7. The molecule has 2 aromatic heterocycles. The van der Waals surface area contributed by atoms with Crippen LogP contribution in [-0.4, -0.2) is 38.0 Å². The van der Waals surface area contributed by atoms with Crippen LogP contribution in [0.1, 0.15) is 30.1 Å². The standard InChI is InChI=1S/C30H28Cl2F2N2O7/c1-39-26-9-18-7-8-35(23(18)12-27(26)40-2)15-29(37)42-25(11-20-21(31)13-36(38)14-22(20)32)19-5-6-24(43-30(33)34)28(10-19)41-16-17-3-4-17/h5-10,12-14,17,25,30H,3-4,11,15-16H2,1-2H3/t25-/m0/s1. The van der Waals surface area contributed by atoms with Crippen LogP contribution in [0.25, 0.3) is 10.9 Å². The summed E-state index contributed by atoms with van der Waals surface area (Å²) in [6, 6.07) is 9.72. The second kappa shape index (κ2) is 13.1. The Labute approximate surface area is 255 Å². The monoisotopic (exact) mass is 636 g/mol. The molecule has 0 saturated heterocycles. The highest BCUT2D eigenvalue weighted by atomic mass is 35.5. The number of nitrogens with zero attached hydrogens (tertiary/aromatic N) is 2. The number of carbonyl (C=O) groups is 1. The molecule has 1 atom stereocenters. The number of aromatic nitrogens is 2. The van der Waals surface area contributed by atoms with Crippen LogP contribution in [0.5, 0.6) is 23.0 Å². The number of pyridine rings is 1. The van der Waals surface area contributed by atoms with Crippen LogP contribution in [-0.2, 0) is 22.5 Å². The maximum Gasteiger partial charge on any atom is 0.387 e. The van der Waals surface area contributed by atoms with Crippen molar-refractivity contribution in [2.24, 2.45) is 5.92 Å². The zero-order valence-electron chi connectivity index (χ0n) is 23.2. The Balaban J connectivity index is 1.46. The molecule has 0 spiro atoms. The fraction of sp³-hybridized carbons (Fsp3) is 0.333.